The number of esters is 1. The molecular formula is C20H30O5. The summed E-state index contributed by atoms with van der Waals surface area (Å²) in [6, 6.07) is 0. The van der Waals surface area contributed by atoms with Gasteiger partial charge in [0.05, 0.1) is 6.10 Å². The van der Waals surface area contributed by atoms with E-state index in [-0.39, 0.29) is 41.1 Å². The fourth-order valence-electron chi connectivity index (χ4n) is 7.01. The highest BCUT2D eigenvalue weighted by Gasteiger charge is 2.65. The van der Waals surface area contributed by atoms with E-state index in [2.05, 4.69) is 13.8 Å². The highest BCUT2D eigenvalue weighted by molar-refractivity contribution is 5.86. The van der Waals surface area contributed by atoms with Gasteiger partial charge < -0.3 is 20.1 Å². The summed E-state index contributed by atoms with van der Waals surface area (Å²) in [5.41, 5.74) is 0.345. The topological polar surface area (TPSA) is 87.0 Å². The smallest absolute Gasteiger partial charge is 0.333 e. The maximum Gasteiger partial charge on any atom is 0.333 e. The lowest BCUT2D eigenvalue weighted by molar-refractivity contribution is -0.237. The predicted octanol–water partition coefficient (Wildman–Crippen LogP) is 2.00. The third-order valence-electron chi connectivity index (χ3n) is 8.25. The molecule has 5 heteroatoms. The molecule has 25 heavy (non-hydrogen) atoms. The van der Waals surface area contributed by atoms with Gasteiger partial charge in [0, 0.05) is 24.7 Å². The molecule has 0 unspecified atom stereocenters. The Morgan fingerprint density at radius 2 is 2.04 bits per heavy atom. The van der Waals surface area contributed by atoms with E-state index in [1.165, 1.54) is 6.08 Å². The molecule has 3 saturated carbocycles. The van der Waals surface area contributed by atoms with Crippen LogP contribution in [-0.4, -0.2) is 39.8 Å². The number of fused-ring (bicyclic) bond motifs is 4. The second-order valence-electron chi connectivity index (χ2n) is 9.51. The molecule has 0 saturated heterocycles. The lowest BCUT2D eigenvalue weighted by Crippen LogP contribution is -2.62. The zero-order valence-corrected chi connectivity index (χ0v) is 15.4. The van der Waals surface area contributed by atoms with E-state index in [0.29, 0.717) is 18.4 Å². The first-order chi connectivity index (χ1) is 11.6. The summed E-state index contributed by atoms with van der Waals surface area (Å²) in [5.74, 6) is -1.81. The third-order valence-corrected chi connectivity index (χ3v) is 8.25. The van der Waals surface area contributed by atoms with Crippen LogP contribution in [0.4, 0.5) is 0 Å². The molecule has 0 aromatic heterocycles. The molecule has 5 nitrogen and oxygen atoms in total. The fraction of sp³-hybridized carbons (Fsp3) is 0.850. The van der Waals surface area contributed by atoms with Crippen LogP contribution >= 0.6 is 0 Å². The SMILES string of the molecule is C[C@@H]1C2=CC(=O)O[C@]2(O)C[C@@H]2[C@@H]1[C@@H](O)C[C@@H]1[C@@](C)(CO)CCC[C@@]21C. The number of aliphatic hydroxyl groups excluding tert-OH is 2. The van der Waals surface area contributed by atoms with Gasteiger partial charge in [0.2, 0.25) is 5.79 Å². The second-order valence-corrected chi connectivity index (χ2v) is 9.51. The van der Waals surface area contributed by atoms with E-state index in [1.54, 1.807) is 0 Å². The molecule has 0 bridgehead atoms. The van der Waals surface area contributed by atoms with Gasteiger partial charge in [-0.05, 0) is 53.8 Å². The average Bonchev–Trinajstić information content (AvgIpc) is 2.85. The van der Waals surface area contributed by atoms with E-state index >= 15 is 0 Å². The molecule has 3 N–H and O–H groups in total. The fourth-order valence-corrected chi connectivity index (χ4v) is 7.01. The lowest BCUT2D eigenvalue weighted by Gasteiger charge is -2.64. The van der Waals surface area contributed by atoms with Crippen molar-refractivity contribution in [1.29, 1.82) is 0 Å². The molecule has 0 spiro atoms. The predicted molar refractivity (Wildman–Crippen MR) is 91.2 cm³/mol. The highest BCUT2D eigenvalue weighted by atomic mass is 16.7. The van der Waals surface area contributed by atoms with E-state index in [0.717, 1.165) is 19.3 Å². The largest absolute Gasteiger partial charge is 0.426 e. The Balaban J connectivity index is 1.78. The molecule has 1 heterocycles. The zero-order valence-electron chi connectivity index (χ0n) is 15.4. The Hall–Kier alpha value is -0.910. The molecule has 0 radical (unpaired) electrons. The molecular weight excluding hydrogens is 320 g/mol. The Bertz CT molecular complexity index is 630. The summed E-state index contributed by atoms with van der Waals surface area (Å²) in [6.07, 6.45) is 5.00. The molecule has 4 aliphatic rings. The third kappa shape index (κ3) is 2.22. The van der Waals surface area contributed by atoms with Crippen LogP contribution in [0.1, 0.15) is 52.9 Å². The number of aliphatic hydroxyl groups is 3. The first-order valence-corrected chi connectivity index (χ1v) is 9.61. The maximum absolute atomic E-state index is 11.8. The highest BCUT2D eigenvalue weighted by Crippen LogP contribution is 2.66. The average molecular weight is 350 g/mol. The van der Waals surface area contributed by atoms with Crippen LogP contribution in [-0.2, 0) is 9.53 Å². The van der Waals surface area contributed by atoms with Crippen LogP contribution < -0.4 is 0 Å². The molecule has 3 fully saturated rings. The summed E-state index contributed by atoms with van der Waals surface area (Å²) in [5, 5.41) is 32.1. The Kier molecular flexibility index (Phi) is 3.71. The van der Waals surface area contributed by atoms with Crippen molar-refractivity contribution in [3.05, 3.63) is 11.6 Å². The number of carbonyl (C=O) groups excluding carboxylic acids is 1. The van der Waals surface area contributed by atoms with Gasteiger partial charge in [-0.15, -0.1) is 0 Å². The standard InChI is InChI=1S/C20H30O5/c1-11-12-7-16(23)25-20(12,24)9-13-17(11)14(22)8-15-18(2,10-21)5-4-6-19(13,15)3/h7,11,13-15,17,21-22,24H,4-6,8-10H2,1-3H3/t11-,13-,14+,15-,17-,18-,19+,20-/m1/s1. The number of carbonyl (C=O) groups is 1. The van der Waals surface area contributed by atoms with Crippen molar-refractivity contribution < 1.29 is 24.9 Å². The van der Waals surface area contributed by atoms with Gasteiger partial charge in [-0.1, -0.05) is 27.2 Å². The van der Waals surface area contributed by atoms with Crippen LogP contribution in [0.3, 0.4) is 0 Å². The van der Waals surface area contributed by atoms with Crippen molar-refractivity contribution in [3.8, 4) is 0 Å². The molecule has 0 amide bonds. The molecule has 3 aliphatic carbocycles. The van der Waals surface area contributed by atoms with Gasteiger partial charge in [0.25, 0.3) is 0 Å². The van der Waals surface area contributed by atoms with Crippen molar-refractivity contribution in [2.24, 2.45) is 34.5 Å². The van der Waals surface area contributed by atoms with Crippen LogP contribution in [0.15, 0.2) is 11.6 Å². The normalized spacial score (nSPS) is 54.9. The van der Waals surface area contributed by atoms with E-state index < -0.39 is 17.9 Å². The monoisotopic (exact) mass is 350 g/mol. The van der Waals surface area contributed by atoms with Crippen molar-refractivity contribution >= 4 is 5.97 Å². The minimum atomic E-state index is -1.52. The molecule has 140 valence electrons. The Morgan fingerprint density at radius 3 is 2.72 bits per heavy atom. The second kappa shape index (κ2) is 5.30. The number of hydrogen-bond donors (Lipinski definition) is 3. The first kappa shape index (κ1) is 17.5. The van der Waals surface area contributed by atoms with Crippen LogP contribution in [0.2, 0.25) is 0 Å². The van der Waals surface area contributed by atoms with Crippen LogP contribution in [0, 0.1) is 34.5 Å². The first-order valence-electron chi connectivity index (χ1n) is 9.61. The molecule has 1 aliphatic heterocycles. The van der Waals surface area contributed by atoms with Crippen molar-refractivity contribution in [2.45, 2.75) is 64.8 Å². The van der Waals surface area contributed by atoms with Gasteiger partial charge in [-0.3, -0.25) is 0 Å². The van der Waals surface area contributed by atoms with E-state index in [9.17, 15) is 20.1 Å². The number of rotatable bonds is 1. The Morgan fingerprint density at radius 1 is 1.32 bits per heavy atom. The van der Waals surface area contributed by atoms with Gasteiger partial charge in [-0.25, -0.2) is 4.79 Å². The molecule has 0 aromatic carbocycles. The molecule has 4 rings (SSSR count). The molecule has 8 atom stereocenters. The van der Waals surface area contributed by atoms with Crippen molar-refractivity contribution in [1.82, 2.24) is 0 Å². The summed E-state index contributed by atoms with van der Waals surface area (Å²) in [7, 11) is 0. The van der Waals surface area contributed by atoms with Gasteiger partial charge in [-0.2, -0.15) is 0 Å². The number of hydrogen-bond acceptors (Lipinski definition) is 5. The summed E-state index contributed by atoms with van der Waals surface area (Å²) in [4.78, 5) is 11.8. The number of ether oxygens (including phenoxy) is 1. The van der Waals surface area contributed by atoms with Crippen molar-refractivity contribution in [3.63, 3.8) is 0 Å². The van der Waals surface area contributed by atoms with Gasteiger partial charge in [0.15, 0.2) is 0 Å². The maximum atomic E-state index is 11.8. The summed E-state index contributed by atoms with van der Waals surface area (Å²) in [6.45, 7) is 6.51. The summed E-state index contributed by atoms with van der Waals surface area (Å²) >= 11 is 0. The summed E-state index contributed by atoms with van der Waals surface area (Å²) < 4.78 is 5.30. The van der Waals surface area contributed by atoms with Crippen molar-refractivity contribution in [2.75, 3.05) is 6.61 Å². The van der Waals surface area contributed by atoms with E-state index in [1.807, 2.05) is 6.92 Å². The van der Waals surface area contributed by atoms with Gasteiger partial charge in [0.1, 0.15) is 0 Å². The quantitative estimate of drug-likeness (QED) is 0.630. The Labute approximate surface area is 149 Å². The van der Waals surface area contributed by atoms with Crippen LogP contribution in [0.5, 0.6) is 0 Å². The van der Waals surface area contributed by atoms with Crippen LogP contribution in [0.25, 0.3) is 0 Å². The zero-order chi connectivity index (χ0) is 18.2. The molecule has 0 aromatic rings. The minimum Gasteiger partial charge on any atom is -0.426 e. The lowest BCUT2D eigenvalue weighted by atomic mass is 9.42. The van der Waals surface area contributed by atoms with E-state index in [4.69, 9.17) is 4.74 Å². The van der Waals surface area contributed by atoms with Gasteiger partial charge >= 0.3 is 5.97 Å². The minimum absolute atomic E-state index is 0.0170.